The molecular weight excluding hydrogens is 389 g/mol. The average molecular weight is 407 g/mol. The van der Waals surface area contributed by atoms with E-state index in [0.29, 0.717) is 22.7 Å². The van der Waals surface area contributed by atoms with Crippen LogP contribution in [0.15, 0.2) is 53.1 Å². The zero-order valence-corrected chi connectivity index (χ0v) is 16.1. The van der Waals surface area contributed by atoms with Crippen molar-refractivity contribution in [3.8, 4) is 11.3 Å². The Kier molecular flexibility index (Phi) is 5.14. The highest BCUT2D eigenvalue weighted by Crippen LogP contribution is 2.26. The zero-order chi connectivity index (χ0) is 21.3. The second kappa shape index (κ2) is 7.90. The maximum absolute atomic E-state index is 13.2. The molecule has 0 saturated carbocycles. The molecule has 2 aromatic carbocycles. The van der Waals surface area contributed by atoms with Gasteiger partial charge in [-0.05, 0) is 48.9 Å². The summed E-state index contributed by atoms with van der Waals surface area (Å²) in [4.78, 5) is 37.6. The van der Waals surface area contributed by atoms with E-state index in [9.17, 15) is 18.8 Å². The predicted octanol–water partition coefficient (Wildman–Crippen LogP) is 3.69. The highest BCUT2D eigenvalue weighted by molar-refractivity contribution is 6.08. The molecule has 1 saturated heterocycles. The third-order valence-electron chi connectivity index (χ3n) is 4.91. The second-order valence-corrected chi connectivity index (χ2v) is 6.99. The molecule has 2 heterocycles. The minimum Gasteiger partial charge on any atom is -0.360 e. The molecule has 0 unspecified atom stereocenters. The van der Waals surface area contributed by atoms with Crippen molar-refractivity contribution in [3.05, 3.63) is 71.2 Å². The summed E-state index contributed by atoms with van der Waals surface area (Å²) in [7, 11) is 0. The van der Waals surface area contributed by atoms with Crippen LogP contribution >= 0.6 is 0 Å². The molecular formula is C22H18FN3O4. The van der Waals surface area contributed by atoms with Crippen molar-refractivity contribution in [2.24, 2.45) is 0 Å². The van der Waals surface area contributed by atoms with Gasteiger partial charge < -0.3 is 9.84 Å². The van der Waals surface area contributed by atoms with Crippen molar-refractivity contribution in [2.75, 3.05) is 5.32 Å². The molecule has 1 aliphatic heterocycles. The fourth-order valence-corrected chi connectivity index (χ4v) is 3.31. The van der Waals surface area contributed by atoms with Crippen LogP contribution < -0.4 is 5.32 Å². The Labute approximate surface area is 171 Å². The third-order valence-corrected chi connectivity index (χ3v) is 4.91. The molecule has 30 heavy (non-hydrogen) atoms. The summed E-state index contributed by atoms with van der Waals surface area (Å²) in [6.07, 6.45) is 0.503. The maximum Gasteiger partial charge on any atom is 0.261 e. The van der Waals surface area contributed by atoms with E-state index >= 15 is 0 Å². The number of aromatic nitrogens is 1. The number of carbonyl (C=O) groups is 3. The van der Waals surface area contributed by atoms with Crippen LogP contribution in [0.4, 0.5) is 10.1 Å². The highest BCUT2D eigenvalue weighted by atomic mass is 19.1. The third kappa shape index (κ3) is 3.84. The first-order valence-corrected chi connectivity index (χ1v) is 9.38. The Balaban J connectivity index is 1.49. The van der Waals surface area contributed by atoms with Gasteiger partial charge in [0.15, 0.2) is 0 Å². The molecule has 7 nitrogen and oxygen atoms in total. The molecule has 0 bridgehead atoms. The molecule has 0 atom stereocenters. The number of hydrogen-bond donors (Lipinski definition) is 1. The summed E-state index contributed by atoms with van der Waals surface area (Å²) in [5.74, 6) is -0.801. The molecule has 1 aliphatic rings. The molecule has 1 N–H and O–H groups in total. The number of benzene rings is 2. The van der Waals surface area contributed by atoms with E-state index in [-0.39, 0.29) is 42.6 Å². The topological polar surface area (TPSA) is 92.5 Å². The van der Waals surface area contributed by atoms with Gasteiger partial charge in [-0.1, -0.05) is 17.3 Å². The summed E-state index contributed by atoms with van der Waals surface area (Å²) >= 11 is 0. The lowest BCUT2D eigenvalue weighted by atomic mass is 10.1. The Morgan fingerprint density at radius 1 is 1.07 bits per heavy atom. The Bertz CT molecular complexity index is 1100. The standard InChI is InChI=1S/C22H18FN3O4/c1-13-20(21(25-30-13)15-4-6-16(23)7-5-15)22(29)24-17-8-2-14(3-9-17)12-26-18(27)10-11-19(26)28/h2-9H,10-12H2,1H3,(H,24,29). The Morgan fingerprint density at radius 3 is 2.33 bits per heavy atom. The predicted molar refractivity (Wildman–Crippen MR) is 106 cm³/mol. The van der Waals surface area contributed by atoms with E-state index in [1.54, 1.807) is 31.2 Å². The minimum atomic E-state index is -0.411. The van der Waals surface area contributed by atoms with Gasteiger partial charge >= 0.3 is 0 Å². The number of imide groups is 1. The molecule has 1 aromatic heterocycles. The zero-order valence-electron chi connectivity index (χ0n) is 16.1. The van der Waals surface area contributed by atoms with E-state index < -0.39 is 5.91 Å². The van der Waals surface area contributed by atoms with Gasteiger partial charge in [0.2, 0.25) is 11.8 Å². The minimum absolute atomic E-state index is 0.173. The van der Waals surface area contributed by atoms with Gasteiger partial charge in [-0.3, -0.25) is 19.3 Å². The van der Waals surface area contributed by atoms with E-state index in [2.05, 4.69) is 10.5 Å². The van der Waals surface area contributed by atoms with Crippen molar-refractivity contribution in [2.45, 2.75) is 26.3 Å². The fourth-order valence-electron chi connectivity index (χ4n) is 3.31. The normalized spacial score (nSPS) is 13.7. The van der Waals surface area contributed by atoms with Gasteiger partial charge in [0.05, 0.1) is 6.54 Å². The van der Waals surface area contributed by atoms with Crippen LogP contribution in [0, 0.1) is 12.7 Å². The summed E-state index contributed by atoms with van der Waals surface area (Å²) in [5, 5.41) is 6.72. The van der Waals surface area contributed by atoms with Crippen LogP contribution in [0.2, 0.25) is 0 Å². The lowest BCUT2D eigenvalue weighted by Crippen LogP contribution is -2.28. The Morgan fingerprint density at radius 2 is 1.70 bits per heavy atom. The van der Waals surface area contributed by atoms with Gasteiger partial charge in [0, 0.05) is 24.1 Å². The van der Waals surface area contributed by atoms with Crippen molar-refractivity contribution in [3.63, 3.8) is 0 Å². The summed E-state index contributed by atoms with van der Waals surface area (Å²) < 4.78 is 18.4. The van der Waals surface area contributed by atoms with Crippen molar-refractivity contribution >= 4 is 23.4 Å². The summed E-state index contributed by atoms with van der Waals surface area (Å²) in [6.45, 7) is 1.84. The monoisotopic (exact) mass is 407 g/mol. The van der Waals surface area contributed by atoms with Crippen molar-refractivity contribution < 1.29 is 23.3 Å². The lowest BCUT2D eigenvalue weighted by molar-refractivity contribution is -0.139. The molecule has 0 radical (unpaired) electrons. The smallest absolute Gasteiger partial charge is 0.261 e. The summed E-state index contributed by atoms with van der Waals surface area (Å²) in [5.41, 5.74) is 2.47. The van der Waals surface area contributed by atoms with Crippen LogP contribution in [0.1, 0.15) is 34.5 Å². The van der Waals surface area contributed by atoms with Crippen LogP contribution in [0.5, 0.6) is 0 Å². The number of likely N-dealkylation sites (tertiary alicyclic amines) is 1. The maximum atomic E-state index is 13.2. The largest absolute Gasteiger partial charge is 0.360 e. The van der Waals surface area contributed by atoms with Crippen LogP contribution in [0.25, 0.3) is 11.3 Å². The fraction of sp³-hybridized carbons (Fsp3) is 0.182. The number of anilines is 1. The van der Waals surface area contributed by atoms with Crippen LogP contribution in [0.3, 0.4) is 0 Å². The molecule has 0 aliphatic carbocycles. The first-order valence-electron chi connectivity index (χ1n) is 9.38. The molecule has 3 amide bonds. The summed E-state index contributed by atoms with van der Waals surface area (Å²) in [6, 6.07) is 12.5. The van der Waals surface area contributed by atoms with E-state index in [0.717, 1.165) is 5.56 Å². The first-order chi connectivity index (χ1) is 14.4. The number of amides is 3. The number of nitrogens with zero attached hydrogens (tertiary/aromatic N) is 2. The SMILES string of the molecule is Cc1onc(-c2ccc(F)cc2)c1C(=O)Nc1ccc(CN2C(=O)CCC2=O)cc1. The molecule has 4 rings (SSSR count). The van der Waals surface area contributed by atoms with Crippen molar-refractivity contribution in [1.82, 2.24) is 10.1 Å². The van der Waals surface area contributed by atoms with Crippen LogP contribution in [-0.4, -0.2) is 27.8 Å². The second-order valence-electron chi connectivity index (χ2n) is 6.99. The number of hydrogen-bond acceptors (Lipinski definition) is 5. The number of aryl methyl sites for hydroxylation is 1. The number of nitrogens with one attached hydrogen (secondary N) is 1. The van der Waals surface area contributed by atoms with E-state index in [1.807, 2.05) is 0 Å². The molecule has 3 aromatic rings. The van der Waals surface area contributed by atoms with Gasteiger partial charge in [-0.25, -0.2) is 4.39 Å². The van der Waals surface area contributed by atoms with Gasteiger partial charge in [-0.2, -0.15) is 0 Å². The van der Waals surface area contributed by atoms with Gasteiger partial charge in [0.25, 0.3) is 5.91 Å². The molecule has 8 heteroatoms. The van der Waals surface area contributed by atoms with E-state index in [4.69, 9.17) is 4.52 Å². The first kappa shape index (κ1) is 19.5. The lowest BCUT2D eigenvalue weighted by Gasteiger charge is -2.14. The highest BCUT2D eigenvalue weighted by Gasteiger charge is 2.28. The average Bonchev–Trinajstić information content (AvgIpc) is 3.27. The molecule has 0 spiro atoms. The van der Waals surface area contributed by atoms with Gasteiger partial charge in [0.1, 0.15) is 22.8 Å². The Hall–Kier alpha value is -3.81. The number of rotatable bonds is 5. The quantitative estimate of drug-likeness (QED) is 0.651. The number of carbonyl (C=O) groups excluding carboxylic acids is 3. The van der Waals surface area contributed by atoms with E-state index in [1.165, 1.54) is 29.2 Å². The molecule has 152 valence electrons. The van der Waals surface area contributed by atoms with Gasteiger partial charge in [-0.15, -0.1) is 0 Å². The van der Waals surface area contributed by atoms with Crippen molar-refractivity contribution in [1.29, 1.82) is 0 Å². The van der Waals surface area contributed by atoms with Crippen LogP contribution in [-0.2, 0) is 16.1 Å². The number of halogens is 1. The molecule has 1 fully saturated rings.